The van der Waals surface area contributed by atoms with Gasteiger partial charge in [-0.25, -0.2) is 0 Å². The van der Waals surface area contributed by atoms with Crippen LogP contribution >= 0.6 is 0 Å². The van der Waals surface area contributed by atoms with Crippen LogP contribution in [-0.4, -0.2) is 35.6 Å². The third-order valence-corrected chi connectivity index (χ3v) is 1.96. The van der Waals surface area contributed by atoms with Crippen LogP contribution in [0.25, 0.3) is 0 Å². The second-order valence-corrected chi connectivity index (χ2v) is 3.18. The van der Waals surface area contributed by atoms with Gasteiger partial charge in [0.1, 0.15) is 0 Å². The number of aliphatic hydroxyl groups excluding tert-OH is 2. The lowest BCUT2D eigenvalue weighted by Crippen LogP contribution is -2.39. The van der Waals surface area contributed by atoms with Gasteiger partial charge in [-0.3, -0.25) is 4.79 Å². The first-order valence-electron chi connectivity index (χ1n) is 4.60. The molecule has 2 unspecified atom stereocenters. The Balaban J connectivity index is 2.60. The summed E-state index contributed by atoms with van der Waals surface area (Å²) in [6, 6.07) is 6.38. The monoisotopic (exact) mass is 226 g/mol. The van der Waals surface area contributed by atoms with Gasteiger partial charge in [0.2, 0.25) is 0 Å². The van der Waals surface area contributed by atoms with Crippen LogP contribution in [-0.2, 0) is 9.53 Å². The Kier molecular flexibility index (Phi) is 4.24. The predicted octanol–water partition coefficient (Wildman–Crippen LogP) is -0.467. The fourth-order valence-electron chi connectivity index (χ4n) is 1.04. The van der Waals surface area contributed by atoms with Crippen LogP contribution in [0.3, 0.4) is 0 Å². The van der Waals surface area contributed by atoms with E-state index in [0.29, 0.717) is 11.4 Å². The first-order valence-corrected chi connectivity index (χ1v) is 4.60. The molecule has 0 saturated heterocycles. The Morgan fingerprint density at radius 2 is 1.94 bits per heavy atom. The lowest BCUT2D eigenvalue weighted by molar-refractivity contribution is -0.161. The van der Waals surface area contributed by atoms with E-state index in [9.17, 15) is 9.90 Å². The van der Waals surface area contributed by atoms with Crippen molar-refractivity contribution in [2.45, 2.75) is 12.4 Å². The molecule has 0 radical (unpaired) electrons. The third kappa shape index (κ3) is 3.20. The lowest BCUT2D eigenvalue weighted by atomic mass is 10.2. The van der Waals surface area contributed by atoms with E-state index in [0.717, 1.165) is 0 Å². The van der Waals surface area contributed by atoms with Crippen LogP contribution in [0.1, 0.15) is 0 Å². The van der Waals surface area contributed by atoms with E-state index in [2.05, 4.69) is 10.1 Å². The van der Waals surface area contributed by atoms with E-state index in [1.807, 2.05) is 0 Å². The molecule has 5 N–H and O–H groups in total. The number of nitrogen functional groups attached to an aromatic ring is 1. The molecule has 0 aliphatic rings. The van der Waals surface area contributed by atoms with Crippen molar-refractivity contribution in [2.75, 3.05) is 18.2 Å². The number of anilines is 2. The van der Waals surface area contributed by atoms with Gasteiger partial charge < -0.3 is 26.0 Å². The zero-order valence-electron chi connectivity index (χ0n) is 8.75. The van der Waals surface area contributed by atoms with Gasteiger partial charge in [0.15, 0.2) is 12.4 Å². The summed E-state index contributed by atoms with van der Waals surface area (Å²) in [6.45, 7) is 0. The molecule has 0 aromatic heterocycles. The molecule has 2 atom stereocenters. The molecule has 6 heteroatoms. The van der Waals surface area contributed by atoms with Crippen LogP contribution < -0.4 is 11.1 Å². The average molecular weight is 226 g/mol. The molecule has 16 heavy (non-hydrogen) atoms. The summed E-state index contributed by atoms with van der Waals surface area (Å²) < 4.78 is 4.41. The standard InChI is InChI=1S/C10H14N2O4/c1-16-10(15)8(13)9(14)12-7-4-2-6(11)3-5-7/h2-5,8,10,13,15H,11H2,1H3,(H,12,14). The molecule has 0 fully saturated rings. The first kappa shape index (κ1) is 12.4. The number of ether oxygens (including phenoxy) is 1. The zero-order chi connectivity index (χ0) is 12.1. The molecule has 1 aromatic rings. The topological polar surface area (TPSA) is 105 Å². The van der Waals surface area contributed by atoms with Gasteiger partial charge in [-0.1, -0.05) is 0 Å². The van der Waals surface area contributed by atoms with Gasteiger partial charge in [-0.15, -0.1) is 0 Å². The van der Waals surface area contributed by atoms with E-state index < -0.39 is 18.3 Å². The van der Waals surface area contributed by atoms with Crippen molar-refractivity contribution in [2.24, 2.45) is 0 Å². The molecule has 1 amide bonds. The van der Waals surface area contributed by atoms with E-state index in [1.165, 1.54) is 7.11 Å². The molecule has 6 nitrogen and oxygen atoms in total. The summed E-state index contributed by atoms with van der Waals surface area (Å²) in [7, 11) is 1.18. The zero-order valence-corrected chi connectivity index (χ0v) is 8.75. The molecule has 0 aliphatic heterocycles. The normalized spacial score (nSPS) is 14.2. The van der Waals surface area contributed by atoms with Crippen molar-refractivity contribution < 1.29 is 19.7 Å². The van der Waals surface area contributed by atoms with Gasteiger partial charge in [0.25, 0.3) is 5.91 Å². The SMILES string of the molecule is COC(O)C(O)C(=O)Nc1ccc(N)cc1. The van der Waals surface area contributed by atoms with E-state index in [4.69, 9.17) is 10.8 Å². The molecule has 1 rings (SSSR count). The summed E-state index contributed by atoms with van der Waals surface area (Å²) in [5.74, 6) is -0.751. The molecule has 88 valence electrons. The highest BCUT2D eigenvalue weighted by molar-refractivity contribution is 5.94. The number of benzene rings is 1. The molecule has 0 heterocycles. The minimum Gasteiger partial charge on any atom is -0.399 e. The molecule has 0 saturated carbocycles. The van der Waals surface area contributed by atoms with Crippen molar-refractivity contribution in [1.82, 2.24) is 0 Å². The van der Waals surface area contributed by atoms with Crippen LogP contribution in [0.2, 0.25) is 0 Å². The Hall–Kier alpha value is -1.63. The Labute approximate surface area is 92.6 Å². The summed E-state index contributed by atoms with van der Waals surface area (Å²) in [5, 5.41) is 20.8. The molecule has 1 aromatic carbocycles. The number of carbonyl (C=O) groups excluding carboxylic acids is 1. The highest BCUT2D eigenvalue weighted by Crippen LogP contribution is 2.11. The van der Waals surface area contributed by atoms with Crippen molar-refractivity contribution in [3.05, 3.63) is 24.3 Å². The number of amides is 1. The fourth-order valence-corrected chi connectivity index (χ4v) is 1.04. The number of rotatable bonds is 4. The van der Waals surface area contributed by atoms with Crippen LogP contribution in [0.15, 0.2) is 24.3 Å². The second-order valence-electron chi connectivity index (χ2n) is 3.18. The number of nitrogens with one attached hydrogen (secondary N) is 1. The molecular weight excluding hydrogens is 212 g/mol. The predicted molar refractivity (Wildman–Crippen MR) is 58.5 cm³/mol. The molecular formula is C10H14N2O4. The van der Waals surface area contributed by atoms with Crippen LogP contribution in [0.4, 0.5) is 11.4 Å². The largest absolute Gasteiger partial charge is 0.399 e. The maximum atomic E-state index is 11.4. The van der Waals surface area contributed by atoms with Crippen LogP contribution in [0, 0.1) is 0 Å². The minimum absolute atomic E-state index is 0.474. The fraction of sp³-hybridized carbons (Fsp3) is 0.300. The Morgan fingerprint density at radius 1 is 1.38 bits per heavy atom. The Bertz CT molecular complexity index is 352. The molecule has 0 aliphatic carbocycles. The van der Waals surface area contributed by atoms with Gasteiger partial charge >= 0.3 is 0 Å². The van der Waals surface area contributed by atoms with E-state index >= 15 is 0 Å². The highest BCUT2D eigenvalue weighted by atomic mass is 16.6. The summed E-state index contributed by atoms with van der Waals surface area (Å²) in [5.41, 5.74) is 6.50. The summed E-state index contributed by atoms with van der Waals surface area (Å²) >= 11 is 0. The molecule has 0 spiro atoms. The smallest absolute Gasteiger partial charge is 0.258 e. The number of nitrogens with two attached hydrogens (primary N) is 1. The van der Waals surface area contributed by atoms with Gasteiger partial charge in [-0.2, -0.15) is 0 Å². The number of aliphatic hydroxyl groups is 2. The van der Waals surface area contributed by atoms with Crippen molar-refractivity contribution >= 4 is 17.3 Å². The number of hydrogen-bond acceptors (Lipinski definition) is 5. The quantitative estimate of drug-likeness (QED) is 0.410. The van der Waals surface area contributed by atoms with Gasteiger partial charge in [0.05, 0.1) is 0 Å². The Morgan fingerprint density at radius 3 is 2.44 bits per heavy atom. The molecule has 0 bridgehead atoms. The highest BCUT2D eigenvalue weighted by Gasteiger charge is 2.23. The number of methoxy groups -OCH3 is 1. The van der Waals surface area contributed by atoms with E-state index in [1.54, 1.807) is 24.3 Å². The van der Waals surface area contributed by atoms with Gasteiger partial charge in [0, 0.05) is 18.5 Å². The first-order chi connectivity index (χ1) is 7.54. The van der Waals surface area contributed by atoms with E-state index in [-0.39, 0.29) is 0 Å². The van der Waals surface area contributed by atoms with Gasteiger partial charge in [-0.05, 0) is 24.3 Å². The minimum atomic E-state index is -1.64. The maximum Gasteiger partial charge on any atom is 0.258 e. The third-order valence-electron chi connectivity index (χ3n) is 1.96. The van der Waals surface area contributed by atoms with Crippen molar-refractivity contribution in [1.29, 1.82) is 0 Å². The van der Waals surface area contributed by atoms with Crippen LogP contribution in [0.5, 0.6) is 0 Å². The number of hydrogen-bond donors (Lipinski definition) is 4. The lowest BCUT2D eigenvalue weighted by Gasteiger charge is -2.15. The second kappa shape index (κ2) is 5.45. The average Bonchev–Trinajstić information content (AvgIpc) is 2.30. The number of carbonyl (C=O) groups is 1. The maximum absolute atomic E-state index is 11.4. The summed E-state index contributed by atoms with van der Waals surface area (Å²) in [4.78, 5) is 11.4. The summed E-state index contributed by atoms with van der Waals surface area (Å²) in [6.07, 6.45) is -3.18. The van der Waals surface area contributed by atoms with Crippen molar-refractivity contribution in [3.8, 4) is 0 Å². The van der Waals surface area contributed by atoms with Crippen molar-refractivity contribution in [3.63, 3.8) is 0 Å².